The minimum atomic E-state index is 0.795. The number of hydrogen-bond acceptors (Lipinski definition) is 1. The zero-order chi connectivity index (χ0) is 9.10. The molecule has 0 bridgehead atoms. The average molecular weight is 236 g/mol. The van der Waals surface area contributed by atoms with Gasteiger partial charge in [-0.1, -0.05) is 28.1 Å². The van der Waals surface area contributed by atoms with E-state index in [1.165, 1.54) is 5.56 Å². The van der Waals surface area contributed by atoms with E-state index in [0.717, 1.165) is 11.0 Å². The first-order chi connectivity index (χ1) is 6.34. The van der Waals surface area contributed by atoms with Crippen molar-refractivity contribution in [1.29, 1.82) is 0 Å². The van der Waals surface area contributed by atoms with Gasteiger partial charge in [-0.25, -0.2) is 0 Å². The predicted molar refractivity (Wildman–Crippen MR) is 54.3 cm³/mol. The van der Waals surface area contributed by atoms with Crippen molar-refractivity contribution in [3.05, 3.63) is 52.8 Å². The third kappa shape index (κ3) is 2.18. The second-order valence-corrected chi connectivity index (χ2v) is 3.69. The van der Waals surface area contributed by atoms with Gasteiger partial charge in [-0.05, 0) is 23.8 Å². The minimum Gasteiger partial charge on any atom is -0.268 e. The Balaban J connectivity index is 2.19. The van der Waals surface area contributed by atoms with Crippen LogP contribution in [0.1, 0.15) is 5.56 Å². The van der Waals surface area contributed by atoms with Crippen LogP contribution < -0.4 is 0 Å². The molecule has 0 saturated heterocycles. The van der Waals surface area contributed by atoms with Gasteiger partial charge in [-0.2, -0.15) is 5.10 Å². The molecule has 13 heavy (non-hydrogen) atoms. The van der Waals surface area contributed by atoms with Crippen LogP contribution in [0.15, 0.2) is 41.0 Å². The fourth-order valence-electron chi connectivity index (χ4n) is 1.17. The number of benzene rings is 1. The van der Waals surface area contributed by atoms with Gasteiger partial charge >= 0.3 is 0 Å². The molecule has 3 heteroatoms. The quantitative estimate of drug-likeness (QED) is 0.783. The van der Waals surface area contributed by atoms with Crippen molar-refractivity contribution < 1.29 is 0 Å². The van der Waals surface area contributed by atoms with E-state index in [9.17, 15) is 0 Å². The van der Waals surface area contributed by atoms with E-state index >= 15 is 0 Å². The first-order valence-electron chi connectivity index (χ1n) is 3.98. The highest BCUT2D eigenvalue weighted by molar-refractivity contribution is 9.10. The van der Waals surface area contributed by atoms with Crippen molar-refractivity contribution in [2.24, 2.45) is 0 Å². The average Bonchev–Trinajstić information content (AvgIpc) is 2.57. The van der Waals surface area contributed by atoms with Gasteiger partial charge in [0.15, 0.2) is 0 Å². The minimum absolute atomic E-state index is 0.795. The molecule has 0 N–H and O–H groups in total. The maximum absolute atomic E-state index is 4.02. The number of hydrogen-bond donors (Lipinski definition) is 0. The van der Waals surface area contributed by atoms with Crippen LogP contribution >= 0.6 is 15.9 Å². The maximum atomic E-state index is 4.02. The van der Waals surface area contributed by atoms with Crippen LogP contribution in [0.2, 0.25) is 0 Å². The fourth-order valence-corrected chi connectivity index (χ4v) is 1.62. The van der Waals surface area contributed by atoms with E-state index in [0.29, 0.717) is 0 Å². The van der Waals surface area contributed by atoms with E-state index in [4.69, 9.17) is 0 Å². The molecule has 0 aliphatic rings. The van der Waals surface area contributed by atoms with Gasteiger partial charge in [-0.15, -0.1) is 0 Å². The van der Waals surface area contributed by atoms with Gasteiger partial charge in [0, 0.05) is 10.7 Å². The van der Waals surface area contributed by atoms with Crippen molar-refractivity contribution in [2.45, 2.75) is 6.54 Å². The summed E-state index contributed by atoms with van der Waals surface area (Å²) in [4.78, 5) is 0. The largest absolute Gasteiger partial charge is 0.268 e. The SMILES string of the molecule is Brc1cccc(Cn2cc[c]n2)c1. The molecule has 0 unspecified atom stereocenters. The van der Waals surface area contributed by atoms with Crippen molar-refractivity contribution in [2.75, 3.05) is 0 Å². The van der Waals surface area contributed by atoms with E-state index < -0.39 is 0 Å². The Morgan fingerprint density at radius 3 is 3.08 bits per heavy atom. The monoisotopic (exact) mass is 235 g/mol. The molecule has 0 fully saturated rings. The van der Waals surface area contributed by atoms with Crippen LogP contribution in [0.25, 0.3) is 0 Å². The van der Waals surface area contributed by atoms with Gasteiger partial charge in [0.1, 0.15) is 6.20 Å². The van der Waals surface area contributed by atoms with E-state index in [2.05, 4.69) is 39.4 Å². The number of halogens is 1. The standard InChI is InChI=1S/C10H8BrN2/c11-10-4-1-3-9(7-10)8-13-6-2-5-12-13/h1-4,6-7H,8H2. The third-order valence-corrected chi connectivity index (χ3v) is 2.23. The van der Waals surface area contributed by atoms with Crippen LogP contribution in [0.5, 0.6) is 0 Å². The second kappa shape index (κ2) is 3.75. The third-order valence-electron chi connectivity index (χ3n) is 1.74. The Morgan fingerprint density at radius 1 is 1.46 bits per heavy atom. The lowest BCUT2D eigenvalue weighted by molar-refractivity contribution is 0.685. The molecule has 2 rings (SSSR count). The van der Waals surface area contributed by atoms with Gasteiger partial charge < -0.3 is 0 Å². The highest BCUT2D eigenvalue weighted by Gasteiger charge is 1.95. The Labute approximate surface area is 85.3 Å². The summed E-state index contributed by atoms with van der Waals surface area (Å²) in [6, 6.07) is 10.00. The summed E-state index contributed by atoms with van der Waals surface area (Å²) in [7, 11) is 0. The van der Waals surface area contributed by atoms with Gasteiger partial charge in [0.05, 0.1) is 6.54 Å². The van der Waals surface area contributed by atoms with E-state index in [1.54, 1.807) is 6.07 Å². The molecule has 2 nitrogen and oxygen atoms in total. The lowest BCUT2D eigenvalue weighted by Crippen LogP contribution is -1.99. The Hall–Kier alpha value is -1.09. The van der Waals surface area contributed by atoms with Crippen molar-refractivity contribution in [3.8, 4) is 0 Å². The van der Waals surface area contributed by atoms with E-state index in [1.807, 2.05) is 23.0 Å². The summed E-state index contributed by atoms with van der Waals surface area (Å²) in [6.07, 6.45) is 4.67. The molecule has 1 aromatic carbocycles. The van der Waals surface area contributed by atoms with Crippen molar-refractivity contribution >= 4 is 15.9 Å². The molecule has 1 heterocycles. The molecule has 0 amide bonds. The highest BCUT2D eigenvalue weighted by atomic mass is 79.9. The molecule has 0 saturated carbocycles. The molecule has 0 aliphatic heterocycles. The number of nitrogens with zero attached hydrogens (tertiary/aromatic N) is 2. The van der Waals surface area contributed by atoms with Crippen LogP contribution in [0.3, 0.4) is 0 Å². The van der Waals surface area contributed by atoms with Crippen molar-refractivity contribution in [3.63, 3.8) is 0 Å². The normalized spacial score (nSPS) is 10.2. The summed E-state index contributed by atoms with van der Waals surface area (Å²) in [6.45, 7) is 0.795. The predicted octanol–water partition coefficient (Wildman–Crippen LogP) is 2.49. The smallest absolute Gasteiger partial charge is 0.113 e. The summed E-state index contributed by atoms with van der Waals surface area (Å²) in [5.74, 6) is 0. The summed E-state index contributed by atoms with van der Waals surface area (Å²) < 4.78 is 2.95. The number of rotatable bonds is 2. The fraction of sp³-hybridized carbons (Fsp3) is 0.100. The molecule has 1 radical (unpaired) electrons. The summed E-state index contributed by atoms with van der Waals surface area (Å²) in [5.41, 5.74) is 1.23. The molecular weight excluding hydrogens is 228 g/mol. The van der Waals surface area contributed by atoms with Crippen LogP contribution in [0, 0.1) is 6.20 Å². The molecule has 0 spiro atoms. The Bertz CT molecular complexity index is 382. The van der Waals surface area contributed by atoms with Gasteiger partial charge in [0.2, 0.25) is 0 Å². The molecule has 0 aliphatic carbocycles. The van der Waals surface area contributed by atoms with Gasteiger partial charge in [-0.3, -0.25) is 4.68 Å². The molecule has 1 aromatic heterocycles. The van der Waals surface area contributed by atoms with Crippen molar-refractivity contribution in [1.82, 2.24) is 9.78 Å². The Kier molecular flexibility index (Phi) is 2.45. The zero-order valence-corrected chi connectivity index (χ0v) is 8.53. The van der Waals surface area contributed by atoms with E-state index in [-0.39, 0.29) is 0 Å². The lowest BCUT2D eigenvalue weighted by Gasteiger charge is -2.01. The second-order valence-electron chi connectivity index (χ2n) is 2.77. The highest BCUT2D eigenvalue weighted by Crippen LogP contribution is 2.12. The van der Waals surface area contributed by atoms with Crippen LogP contribution in [0.4, 0.5) is 0 Å². The summed E-state index contributed by atoms with van der Waals surface area (Å²) >= 11 is 3.43. The molecule has 2 aromatic rings. The summed E-state index contributed by atoms with van der Waals surface area (Å²) in [5, 5.41) is 4.02. The molecule has 65 valence electrons. The maximum Gasteiger partial charge on any atom is 0.113 e. The lowest BCUT2D eigenvalue weighted by atomic mass is 10.2. The Morgan fingerprint density at radius 2 is 2.38 bits per heavy atom. The first kappa shape index (κ1) is 8.51. The topological polar surface area (TPSA) is 17.8 Å². The molecule has 0 atom stereocenters. The zero-order valence-electron chi connectivity index (χ0n) is 6.94. The van der Waals surface area contributed by atoms with Gasteiger partial charge in [0.25, 0.3) is 0 Å². The first-order valence-corrected chi connectivity index (χ1v) is 4.78. The molecular formula is C10H8BrN2. The number of aromatic nitrogens is 2. The van der Waals surface area contributed by atoms with Crippen LogP contribution in [-0.4, -0.2) is 9.78 Å². The van der Waals surface area contributed by atoms with Crippen LogP contribution in [-0.2, 0) is 6.54 Å².